The fourth-order valence-electron chi connectivity index (χ4n) is 0.808. The van der Waals surface area contributed by atoms with Crippen LogP contribution in [0.4, 0.5) is 26.6 Å². The molecule has 1 aromatic rings. The summed E-state index contributed by atoms with van der Waals surface area (Å²) in [5, 5.41) is 0. The van der Waals surface area contributed by atoms with Crippen LogP contribution in [0.5, 0.6) is 0 Å². The summed E-state index contributed by atoms with van der Waals surface area (Å²) in [4.78, 5) is -1.06. The lowest BCUT2D eigenvalue weighted by Crippen LogP contribution is -2.12. The molecule has 1 aromatic carbocycles. The Morgan fingerprint density at radius 3 is 2.14 bits per heavy atom. The zero-order valence-electron chi connectivity index (χ0n) is 6.68. The Labute approximate surface area is 78.6 Å². The summed E-state index contributed by atoms with van der Waals surface area (Å²) in [5.74, 6) is 0. The third-order valence-electron chi connectivity index (χ3n) is 1.44. The van der Waals surface area contributed by atoms with Crippen molar-refractivity contribution in [3.63, 3.8) is 0 Å². The van der Waals surface area contributed by atoms with E-state index in [1.807, 2.05) is 0 Å². The predicted octanol–water partition coefficient (Wildman–Crippen LogP) is 3.72. The maximum absolute atomic E-state index is 12.7. The van der Waals surface area contributed by atoms with Gasteiger partial charge in [-0.2, -0.15) is 13.2 Å². The Morgan fingerprint density at radius 1 is 1.14 bits per heavy atom. The summed E-state index contributed by atoms with van der Waals surface area (Å²) >= 11 is 0. The molecule has 7 heteroatoms. The minimum Gasteiger partial charge on any atom is -0.399 e. The van der Waals surface area contributed by atoms with Gasteiger partial charge in [0.1, 0.15) is 0 Å². The van der Waals surface area contributed by atoms with E-state index in [1.54, 1.807) is 0 Å². The molecule has 1 nitrogen and oxygen atoms in total. The standard InChI is InChI=1S/C7H6F5NS/c8-7(9,10)14(11,12)6-3-1-2-5(13)4-6/h1-4H,13H2. The Bertz CT molecular complexity index is 335. The van der Waals surface area contributed by atoms with E-state index in [9.17, 15) is 20.9 Å². The monoisotopic (exact) mass is 231 g/mol. The normalized spacial score (nSPS) is 14.1. The molecule has 80 valence electrons. The van der Waals surface area contributed by atoms with Gasteiger partial charge in [0, 0.05) is 5.69 Å². The quantitative estimate of drug-likeness (QED) is 0.578. The van der Waals surface area contributed by atoms with Crippen molar-refractivity contribution in [2.24, 2.45) is 0 Å². The summed E-state index contributed by atoms with van der Waals surface area (Å²) in [6.45, 7) is 0. The number of rotatable bonds is 1. The van der Waals surface area contributed by atoms with Gasteiger partial charge in [-0.15, -0.1) is 7.77 Å². The summed E-state index contributed by atoms with van der Waals surface area (Å²) in [7, 11) is -5.78. The van der Waals surface area contributed by atoms with E-state index in [-0.39, 0.29) is 5.69 Å². The second-order valence-corrected chi connectivity index (χ2v) is 4.36. The van der Waals surface area contributed by atoms with E-state index in [1.165, 1.54) is 6.07 Å². The van der Waals surface area contributed by atoms with Gasteiger partial charge in [0.05, 0.1) is 4.90 Å². The van der Waals surface area contributed by atoms with Crippen LogP contribution in [0.15, 0.2) is 29.2 Å². The van der Waals surface area contributed by atoms with Crippen molar-refractivity contribution in [2.75, 3.05) is 5.73 Å². The molecule has 0 heterocycles. The molecular formula is C7H6F5NS. The van der Waals surface area contributed by atoms with Crippen LogP contribution >= 0.6 is 10.8 Å². The number of hydrogen-bond acceptors (Lipinski definition) is 1. The van der Waals surface area contributed by atoms with E-state index < -0.39 is 21.2 Å². The van der Waals surface area contributed by atoms with Gasteiger partial charge >= 0.3 is 5.51 Å². The molecule has 0 aliphatic heterocycles. The maximum atomic E-state index is 12.7. The minimum atomic E-state index is -5.78. The Hall–Kier alpha value is -0.980. The van der Waals surface area contributed by atoms with Crippen molar-refractivity contribution in [1.82, 2.24) is 0 Å². The van der Waals surface area contributed by atoms with Crippen LogP contribution in [0.25, 0.3) is 0 Å². The fourth-order valence-corrected chi connectivity index (χ4v) is 1.61. The number of halogens is 5. The highest BCUT2D eigenvalue weighted by Crippen LogP contribution is 2.70. The van der Waals surface area contributed by atoms with Crippen LogP contribution in [0.2, 0.25) is 0 Å². The van der Waals surface area contributed by atoms with Gasteiger partial charge in [0.15, 0.2) is 10.8 Å². The number of nitrogen functional groups attached to an aromatic ring is 1. The first-order valence-corrected chi connectivity index (χ1v) is 4.83. The fraction of sp³-hybridized carbons (Fsp3) is 0.143. The van der Waals surface area contributed by atoms with Crippen molar-refractivity contribution in [3.8, 4) is 0 Å². The molecule has 0 aliphatic carbocycles. The van der Waals surface area contributed by atoms with E-state index in [2.05, 4.69) is 0 Å². The Kier molecular flexibility index (Phi) is 2.62. The molecule has 14 heavy (non-hydrogen) atoms. The molecular weight excluding hydrogens is 225 g/mol. The van der Waals surface area contributed by atoms with Crippen LogP contribution in [0, 0.1) is 0 Å². The first kappa shape index (κ1) is 11.1. The second kappa shape index (κ2) is 3.30. The lowest BCUT2D eigenvalue weighted by molar-refractivity contribution is -0.0463. The number of alkyl halides is 3. The first-order chi connectivity index (χ1) is 6.25. The largest absolute Gasteiger partial charge is 0.482 e. The molecule has 0 saturated carbocycles. The lowest BCUT2D eigenvalue weighted by Gasteiger charge is -2.23. The molecule has 0 spiro atoms. The minimum absolute atomic E-state index is 0.112. The van der Waals surface area contributed by atoms with Gasteiger partial charge in [-0.05, 0) is 18.2 Å². The van der Waals surface area contributed by atoms with Crippen molar-refractivity contribution < 1.29 is 20.9 Å². The summed E-state index contributed by atoms with van der Waals surface area (Å²) in [6, 6.07) is 3.68. The molecule has 0 fully saturated rings. The van der Waals surface area contributed by atoms with Gasteiger partial charge in [-0.25, -0.2) is 0 Å². The molecule has 1 rings (SSSR count). The molecule has 0 bridgehead atoms. The highest BCUT2D eigenvalue weighted by atomic mass is 32.3. The van der Waals surface area contributed by atoms with Gasteiger partial charge in [-0.3, -0.25) is 0 Å². The first-order valence-electron chi connectivity index (χ1n) is 3.39. The smallest absolute Gasteiger partial charge is 0.399 e. The van der Waals surface area contributed by atoms with Crippen LogP contribution < -0.4 is 5.73 Å². The Morgan fingerprint density at radius 2 is 1.71 bits per heavy atom. The van der Waals surface area contributed by atoms with Crippen LogP contribution in [-0.4, -0.2) is 5.51 Å². The summed E-state index contributed by atoms with van der Waals surface area (Å²) < 4.78 is 61.2. The Balaban J connectivity index is 3.16. The highest BCUT2D eigenvalue weighted by molar-refractivity contribution is 8.26. The van der Waals surface area contributed by atoms with Gasteiger partial charge in [0.2, 0.25) is 0 Å². The number of benzene rings is 1. The van der Waals surface area contributed by atoms with E-state index in [0.717, 1.165) is 12.1 Å². The van der Waals surface area contributed by atoms with Gasteiger partial charge in [-0.1, -0.05) is 6.07 Å². The lowest BCUT2D eigenvalue weighted by atomic mass is 10.3. The van der Waals surface area contributed by atoms with E-state index in [4.69, 9.17) is 5.73 Å². The molecule has 0 unspecified atom stereocenters. The predicted molar refractivity (Wildman–Crippen MR) is 45.0 cm³/mol. The third-order valence-corrected chi connectivity index (χ3v) is 2.87. The summed E-state index contributed by atoms with van der Waals surface area (Å²) in [5.41, 5.74) is -0.514. The molecule has 0 atom stereocenters. The van der Waals surface area contributed by atoms with Crippen LogP contribution in [0.1, 0.15) is 0 Å². The molecule has 0 amide bonds. The van der Waals surface area contributed by atoms with E-state index in [0.29, 0.717) is 6.07 Å². The number of anilines is 1. The average molecular weight is 231 g/mol. The van der Waals surface area contributed by atoms with Gasteiger partial charge in [0.25, 0.3) is 0 Å². The van der Waals surface area contributed by atoms with Gasteiger partial charge < -0.3 is 5.73 Å². The second-order valence-electron chi connectivity index (χ2n) is 2.49. The maximum Gasteiger partial charge on any atom is 0.482 e. The molecule has 0 aliphatic rings. The topological polar surface area (TPSA) is 26.0 Å². The third kappa shape index (κ3) is 1.92. The average Bonchev–Trinajstić information content (AvgIpc) is 2.02. The zero-order valence-corrected chi connectivity index (χ0v) is 7.50. The van der Waals surface area contributed by atoms with Crippen molar-refractivity contribution in [1.29, 1.82) is 0 Å². The van der Waals surface area contributed by atoms with Crippen molar-refractivity contribution in [2.45, 2.75) is 10.4 Å². The van der Waals surface area contributed by atoms with Crippen molar-refractivity contribution >= 4 is 16.5 Å². The molecule has 0 radical (unpaired) electrons. The molecule has 0 saturated heterocycles. The highest BCUT2D eigenvalue weighted by Gasteiger charge is 2.54. The number of nitrogens with two attached hydrogens (primary N) is 1. The van der Waals surface area contributed by atoms with Crippen LogP contribution in [-0.2, 0) is 0 Å². The number of hydrogen-bond donors (Lipinski definition) is 1. The molecule has 0 aromatic heterocycles. The van der Waals surface area contributed by atoms with Crippen LogP contribution in [0.3, 0.4) is 0 Å². The SMILES string of the molecule is Nc1cccc(S(F)(F)C(F)(F)F)c1. The van der Waals surface area contributed by atoms with E-state index >= 15 is 0 Å². The van der Waals surface area contributed by atoms with Crippen molar-refractivity contribution in [3.05, 3.63) is 24.3 Å². The molecule has 2 N–H and O–H groups in total. The summed E-state index contributed by atoms with van der Waals surface area (Å²) in [6.07, 6.45) is 0. The zero-order chi connectivity index (χ0) is 11.0.